The fourth-order valence-electron chi connectivity index (χ4n) is 1.10. The fraction of sp³-hybridized carbons (Fsp3) is 0.500. The third kappa shape index (κ3) is 2.93. The Kier molecular flexibility index (Phi) is 3.54. The highest BCUT2D eigenvalue weighted by Gasteiger charge is 2.26. The largest absolute Gasteiger partial charge is 0.366 e. The number of sulfonamides is 1. The summed E-state index contributed by atoms with van der Waals surface area (Å²) in [5.41, 5.74) is -1.08. The Bertz CT molecular complexity index is 517. The van der Waals surface area contributed by atoms with E-state index in [0.717, 1.165) is 0 Å². The van der Waals surface area contributed by atoms with Gasteiger partial charge in [0.05, 0.1) is 0 Å². The minimum absolute atomic E-state index is 0.253. The molecule has 0 spiro atoms. The molecular weight excluding hydrogens is 228 g/mol. The SMILES string of the molecule is CCC(C)(C)NS(=O)(=O)c1c[nH]ccc1=O. The van der Waals surface area contributed by atoms with Gasteiger partial charge in [-0.05, 0) is 20.3 Å². The first kappa shape index (κ1) is 12.9. The average Bonchev–Trinajstić information content (AvgIpc) is 2.16. The molecule has 6 heteroatoms. The van der Waals surface area contributed by atoms with Crippen LogP contribution in [0.2, 0.25) is 0 Å². The summed E-state index contributed by atoms with van der Waals surface area (Å²) in [4.78, 5) is 13.7. The zero-order valence-corrected chi connectivity index (χ0v) is 10.4. The fourth-order valence-corrected chi connectivity index (χ4v) is 2.64. The van der Waals surface area contributed by atoms with Gasteiger partial charge >= 0.3 is 0 Å². The van der Waals surface area contributed by atoms with Crippen LogP contribution in [0.25, 0.3) is 0 Å². The third-order valence-corrected chi connectivity index (χ3v) is 4.09. The van der Waals surface area contributed by atoms with Crippen molar-refractivity contribution in [3.05, 3.63) is 28.7 Å². The Hall–Kier alpha value is -1.14. The number of aromatic amines is 1. The minimum Gasteiger partial charge on any atom is -0.366 e. The number of pyridine rings is 1. The normalized spacial score (nSPS) is 12.7. The molecule has 0 saturated heterocycles. The summed E-state index contributed by atoms with van der Waals surface area (Å²) in [6.45, 7) is 5.40. The van der Waals surface area contributed by atoms with Crippen molar-refractivity contribution < 1.29 is 8.42 Å². The molecule has 0 aliphatic carbocycles. The van der Waals surface area contributed by atoms with Gasteiger partial charge in [-0.2, -0.15) is 0 Å². The quantitative estimate of drug-likeness (QED) is 0.823. The molecule has 1 rings (SSSR count). The van der Waals surface area contributed by atoms with Gasteiger partial charge in [0.1, 0.15) is 4.90 Å². The van der Waals surface area contributed by atoms with Gasteiger partial charge in [-0.3, -0.25) is 4.79 Å². The van der Waals surface area contributed by atoms with Crippen LogP contribution in [0.3, 0.4) is 0 Å². The second kappa shape index (κ2) is 4.39. The zero-order valence-electron chi connectivity index (χ0n) is 9.57. The molecule has 0 aliphatic rings. The van der Waals surface area contributed by atoms with E-state index in [1.165, 1.54) is 18.5 Å². The standard InChI is InChI=1S/C10H16N2O3S/c1-4-10(2,3)12-16(14,15)9-7-11-6-5-8(9)13/h5-7,12H,4H2,1-3H3,(H,11,13). The maximum Gasteiger partial charge on any atom is 0.246 e. The first-order chi connectivity index (χ1) is 7.28. The van der Waals surface area contributed by atoms with Crippen molar-refractivity contribution in [3.63, 3.8) is 0 Å². The van der Waals surface area contributed by atoms with Crippen molar-refractivity contribution in [2.75, 3.05) is 0 Å². The minimum atomic E-state index is -3.75. The van der Waals surface area contributed by atoms with Crippen LogP contribution in [0.15, 0.2) is 28.2 Å². The van der Waals surface area contributed by atoms with E-state index in [4.69, 9.17) is 0 Å². The Morgan fingerprint density at radius 3 is 2.56 bits per heavy atom. The van der Waals surface area contributed by atoms with Crippen LogP contribution in [0, 0.1) is 0 Å². The summed E-state index contributed by atoms with van der Waals surface area (Å²) in [6, 6.07) is 1.19. The third-order valence-electron chi connectivity index (χ3n) is 2.37. The number of rotatable bonds is 4. The highest BCUT2D eigenvalue weighted by atomic mass is 32.2. The lowest BCUT2D eigenvalue weighted by Crippen LogP contribution is -2.43. The lowest BCUT2D eigenvalue weighted by molar-refractivity contribution is 0.439. The summed E-state index contributed by atoms with van der Waals surface area (Å²) in [7, 11) is -3.75. The molecule has 0 aromatic carbocycles. The summed E-state index contributed by atoms with van der Waals surface area (Å²) in [5.74, 6) is 0. The van der Waals surface area contributed by atoms with E-state index >= 15 is 0 Å². The first-order valence-corrected chi connectivity index (χ1v) is 6.48. The van der Waals surface area contributed by atoms with Crippen LogP contribution in [0.4, 0.5) is 0 Å². The second-order valence-corrected chi connectivity index (χ2v) is 5.87. The Labute approximate surface area is 94.9 Å². The smallest absolute Gasteiger partial charge is 0.246 e. The van der Waals surface area contributed by atoms with Crippen molar-refractivity contribution >= 4 is 10.0 Å². The number of nitrogens with one attached hydrogen (secondary N) is 2. The predicted octanol–water partition coefficient (Wildman–Crippen LogP) is 0.842. The molecule has 0 saturated carbocycles. The average molecular weight is 244 g/mol. The molecule has 90 valence electrons. The predicted molar refractivity (Wildman–Crippen MR) is 61.8 cm³/mol. The van der Waals surface area contributed by atoms with E-state index in [1.54, 1.807) is 13.8 Å². The molecule has 0 radical (unpaired) electrons. The van der Waals surface area contributed by atoms with Gasteiger partial charge in [-0.1, -0.05) is 6.92 Å². The van der Waals surface area contributed by atoms with Crippen molar-refractivity contribution in [1.82, 2.24) is 9.71 Å². The van der Waals surface area contributed by atoms with Gasteiger partial charge in [0.15, 0.2) is 0 Å². The van der Waals surface area contributed by atoms with Crippen molar-refractivity contribution in [2.45, 2.75) is 37.6 Å². The van der Waals surface area contributed by atoms with Crippen LogP contribution < -0.4 is 10.2 Å². The number of hydrogen-bond donors (Lipinski definition) is 2. The summed E-state index contributed by atoms with van der Waals surface area (Å²) < 4.78 is 26.3. The van der Waals surface area contributed by atoms with E-state index in [1.807, 2.05) is 6.92 Å². The lowest BCUT2D eigenvalue weighted by Gasteiger charge is -2.23. The van der Waals surface area contributed by atoms with Gasteiger partial charge in [-0.15, -0.1) is 0 Å². The van der Waals surface area contributed by atoms with Gasteiger partial charge < -0.3 is 4.98 Å². The Morgan fingerprint density at radius 2 is 2.06 bits per heavy atom. The molecule has 1 aromatic heterocycles. The van der Waals surface area contributed by atoms with Gasteiger partial charge in [0.25, 0.3) is 0 Å². The summed E-state index contributed by atoms with van der Waals surface area (Å²) in [5, 5.41) is 0. The van der Waals surface area contributed by atoms with E-state index in [9.17, 15) is 13.2 Å². The molecule has 0 fully saturated rings. The van der Waals surface area contributed by atoms with Crippen molar-refractivity contribution in [3.8, 4) is 0 Å². The van der Waals surface area contributed by atoms with E-state index < -0.39 is 21.0 Å². The molecule has 1 aromatic rings. The van der Waals surface area contributed by atoms with Crippen LogP contribution >= 0.6 is 0 Å². The summed E-state index contributed by atoms with van der Waals surface area (Å²) >= 11 is 0. The molecule has 0 aliphatic heterocycles. The van der Waals surface area contributed by atoms with Gasteiger partial charge in [0, 0.05) is 24.0 Å². The molecule has 16 heavy (non-hydrogen) atoms. The molecule has 1 heterocycles. The Morgan fingerprint density at radius 1 is 1.44 bits per heavy atom. The number of aromatic nitrogens is 1. The topological polar surface area (TPSA) is 79.0 Å². The Balaban J connectivity index is 3.15. The molecule has 0 bridgehead atoms. The number of hydrogen-bond acceptors (Lipinski definition) is 3. The van der Waals surface area contributed by atoms with Crippen molar-refractivity contribution in [2.24, 2.45) is 0 Å². The summed E-state index contributed by atoms with van der Waals surface area (Å²) in [6.07, 6.45) is 3.22. The van der Waals surface area contributed by atoms with Crippen molar-refractivity contribution in [1.29, 1.82) is 0 Å². The molecule has 0 unspecified atom stereocenters. The molecule has 0 atom stereocenters. The highest BCUT2D eigenvalue weighted by Crippen LogP contribution is 2.12. The molecular formula is C10H16N2O3S. The zero-order chi connectivity index (χ0) is 12.4. The molecule has 2 N–H and O–H groups in total. The van der Waals surface area contributed by atoms with Crippen LogP contribution in [-0.4, -0.2) is 18.9 Å². The maximum atomic E-state index is 11.9. The monoisotopic (exact) mass is 244 g/mol. The molecule has 5 nitrogen and oxygen atoms in total. The van der Waals surface area contributed by atoms with E-state index in [-0.39, 0.29) is 4.90 Å². The lowest BCUT2D eigenvalue weighted by atomic mass is 10.0. The molecule has 0 amide bonds. The van der Waals surface area contributed by atoms with Gasteiger partial charge in [-0.25, -0.2) is 13.1 Å². The van der Waals surface area contributed by atoms with Crippen LogP contribution in [0.5, 0.6) is 0 Å². The second-order valence-electron chi connectivity index (χ2n) is 4.22. The first-order valence-electron chi connectivity index (χ1n) is 4.99. The highest BCUT2D eigenvalue weighted by molar-refractivity contribution is 7.89. The maximum absolute atomic E-state index is 11.9. The van der Waals surface area contributed by atoms with E-state index in [0.29, 0.717) is 6.42 Å². The number of H-pyrrole nitrogens is 1. The van der Waals surface area contributed by atoms with Crippen LogP contribution in [-0.2, 0) is 10.0 Å². The van der Waals surface area contributed by atoms with Gasteiger partial charge in [0.2, 0.25) is 15.5 Å². The van der Waals surface area contributed by atoms with E-state index in [2.05, 4.69) is 9.71 Å². The van der Waals surface area contributed by atoms with Crippen LogP contribution in [0.1, 0.15) is 27.2 Å².